The molecule has 0 N–H and O–H groups in total. The number of fused-ring (bicyclic) bond motifs is 1. The van der Waals surface area contributed by atoms with Crippen molar-refractivity contribution >= 4 is 0 Å². The highest BCUT2D eigenvalue weighted by atomic mass is 16.5. The van der Waals surface area contributed by atoms with Gasteiger partial charge >= 0.3 is 0 Å². The van der Waals surface area contributed by atoms with Crippen molar-refractivity contribution < 1.29 is 4.74 Å². The molecule has 0 saturated heterocycles. The number of hydrogen-bond donors (Lipinski definition) is 0. The van der Waals surface area contributed by atoms with Gasteiger partial charge in [0.05, 0.1) is 18.2 Å². The molecule has 2 aromatic rings. The van der Waals surface area contributed by atoms with E-state index in [0.29, 0.717) is 12.2 Å². The highest BCUT2D eigenvalue weighted by Gasteiger charge is 2.41. The molecule has 1 aliphatic rings. The van der Waals surface area contributed by atoms with Crippen molar-refractivity contribution in [1.29, 1.82) is 5.26 Å². The van der Waals surface area contributed by atoms with Crippen molar-refractivity contribution in [1.82, 2.24) is 4.90 Å². The lowest BCUT2D eigenvalue weighted by molar-refractivity contribution is -0.0155. The minimum atomic E-state index is -0.408. The van der Waals surface area contributed by atoms with Crippen molar-refractivity contribution in [3.63, 3.8) is 0 Å². The van der Waals surface area contributed by atoms with Crippen molar-refractivity contribution in [2.24, 2.45) is 0 Å². The van der Waals surface area contributed by atoms with Crippen LogP contribution in [0.1, 0.15) is 28.7 Å². The average Bonchev–Trinajstić information content (AvgIpc) is 2.93. The van der Waals surface area contributed by atoms with E-state index < -0.39 is 5.60 Å². The SMILES string of the molecule is CN(C)CCC1(c2ccccc2)OCc2cc(C#N)ccc21. The van der Waals surface area contributed by atoms with Gasteiger partial charge in [-0.3, -0.25) is 0 Å². The third-order valence-electron chi connectivity index (χ3n) is 4.29. The summed E-state index contributed by atoms with van der Waals surface area (Å²) in [6, 6.07) is 18.5. The van der Waals surface area contributed by atoms with Crippen molar-refractivity contribution in [2.75, 3.05) is 20.6 Å². The maximum absolute atomic E-state index is 9.09. The molecule has 112 valence electrons. The van der Waals surface area contributed by atoms with Gasteiger partial charge in [0.2, 0.25) is 0 Å². The molecule has 3 heteroatoms. The van der Waals surface area contributed by atoms with Gasteiger partial charge < -0.3 is 9.64 Å². The molecule has 0 saturated carbocycles. The van der Waals surface area contributed by atoms with Gasteiger partial charge in [-0.2, -0.15) is 5.26 Å². The first-order valence-electron chi connectivity index (χ1n) is 7.53. The van der Waals surface area contributed by atoms with Crippen LogP contribution in [0.15, 0.2) is 48.5 Å². The first-order chi connectivity index (χ1) is 10.7. The van der Waals surface area contributed by atoms with E-state index >= 15 is 0 Å². The van der Waals surface area contributed by atoms with Gasteiger partial charge in [-0.25, -0.2) is 0 Å². The topological polar surface area (TPSA) is 36.3 Å². The van der Waals surface area contributed by atoms with Gasteiger partial charge in [0.1, 0.15) is 5.60 Å². The molecule has 0 fully saturated rings. The highest BCUT2D eigenvalue weighted by Crippen LogP contribution is 2.44. The number of rotatable bonds is 4. The van der Waals surface area contributed by atoms with E-state index in [-0.39, 0.29) is 0 Å². The van der Waals surface area contributed by atoms with Crippen LogP contribution in [0.5, 0.6) is 0 Å². The van der Waals surface area contributed by atoms with E-state index in [9.17, 15) is 0 Å². The maximum atomic E-state index is 9.09. The first-order valence-corrected chi connectivity index (χ1v) is 7.53. The predicted octanol–water partition coefficient (Wildman–Crippen LogP) is 3.28. The van der Waals surface area contributed by atoms with Crippen LogP contribution in [-0.2, 0) is 16.9 Å². The summed E-state index contributed by atoms with van der Waals surface area (Å²) in [5.74, 6) is 0. The second-order valence-corrected chi connectivity index (χ2v) is 6.02. The van der Waals surface area contributed by atoms with Gasteiger partial charge in [-0.1, -0.05) is 36.4 Å². The Morgan fingerprint density at radius 2 is 1.95 bits per heavy atom. The van der Waals surface area contributed by atoms with Crippen LogP contribution in [0, 0.1) is 11.3 Å². The van der Waals surface area contributed by atoms with E-state index in [4.69, 9.17) is 10.00 Å². The van der Waals surface area contributed by atoms with E-state index in [1.807, 2.05) is 18.2 Å². The van der Waals surface area contributed by atoms with E-state index in [0.717, 1.165) is 18.5 Å². The Balaban J connectivity index is 2.08. The van der Waals surface area contributed by atoms with Crippen molar-refractivity contribution in [3.05, 3.63) is 70.8 Å². The smallest absolute Gasteiger partial charge is 0.120 e. The average molecular weight is 292 g/mol. The molecule has 0 amide bonds. The monoisotopic (exact) mass is 292 g/mol. The molecule has 1 unspecified atom stereocenters. The second-order valence-electron chi connectivity index (χ2n) is 6.02. The summed E-state index contributed by atoms with van der Waals surface area (Å²) >= 11 is 0. The molecule has 0 spiro atoms. The molecule has 1 aliphatic heterocycles. The molecule has 2 aromatic carbocycles. The minimum absolute atomic E-state index is 0.408. The number of hydrogen-bond acceptors (Lipinski definition) is 3. The van der Waals surface area contributed by atoms with Crippen LogP contribution in [0.25, 0.3) is 0 Å². The Kier molecular flexibility index (Phi) is 3.98. The zero-order chi connectivity index (χ0) is 15.6. The fourth-order valence-corrected chi connectivity index (χ4v) is 3.13. The van der Waals surface area contributed by atoms with Gasteiger partial charge in [0, 0.05) is 6.54 Å². The quantitative estimate of drug-likeness (QED) is 0.867. The molecule has 0 aliphatic carbocycles. The molecule has 0 bridgehead atoms. The summed E-state index contributed by atoms with van der Waals surface area (Å²) in [4.78, 5) is 2.18. The molecule has 3 rings (SSSR count). The number of benzene rings is 2. The molecule has 22 heavy (non-hydrogen) atoms. The summed E-state index contributed by atoms with van der Waals surface area (Å²) in [6.45, 7) is 1.50. The minimum Gasteiger partial charge on any atom is -0.361 e. The molecule has 0 radical (unpaired) electrons. The summed E-state index contributed by atoms with van der Waals surface area (Å²) < 4.78 is 6.31. The van der Waals surface area contributed by atoms with Gasteiger partial charge in [-0.15, -0.1) is 0 Å². The Hall–Kier alpha value is -2.15. The van der Waals surface area contributed by atoms with Gasteiger partial charge in [0.25, 0.3) is 0 Å². The van der Waals surface area contributed by atoms with Crippen LogP contribution >= 0.6 is 0 Å². The van der Waals surface area contributed by atoms with Crippen LogP contribution in [0.3, 0.4) is 0 Å². The molecule has 1 heterocycles. The summed E-state index contributed by atoms with van der Waals surface area (Å²) in [5, 5.41) is 9.09. The normalized spacial score (nSPS) is 19.9. The van der Waals surface area contributed by atoms with Crippen molar-refractivity contribution in [3.8, 4) is 6.07 Å². The lowest BCUT2D eigenvalue weighted by atomic mass is 9.82. The van der Waals surface area contributed by atoms with E-state index in [1.165, 1.54) is 11.1 Å². The van der Waals surface area contributed by atoms with Gasteiger partial charge in [-0.05, 0) is 49.3 Å². The summed E-state index contributed by atoms with van der Waals surface area (Å²) in [6.07, 6.45) is 0.892. The van der Waals surface area contributed by atoms with Crippen molar-refractivity contribution in [2.45, 2.75) is 18.6 Å². The second kappa shape index (κ2) is 5.92. The van der Waals surface area contributed by atoms with E-state index in [1.54, 1.807) is 0 Å². The lowest BCUT2D eigenvalue weighted by Gasteiger charge is -2.31. The van der Waals surface area contributed by atoms with Gasteiger partial charge in [0.15, 0.2) is 0 Å². The number of ether oxygens (including phenoxy) is 1. The lowest BCUT2D eigenvalue weighted by Crippen LogP contribution is -2.31. The molecule has 3 nitrogen and oxygen atoms in total. The van der Waals surface area contributed by atoms with E-state index in [2.05, 4.69) is 55.4 Å². The first kappa shape index (κ1) is 14.8. The third-order valence-corrected chi connectivity index (χ3v) is 4.29. The van der Waals surface area contributed by atoms with Crippen LogP contribution in [-0.4, -0.2) is 25.5 Å². The molecule has 1 atom stereocenters. The zero-order valence-electron chi connectivity index (χ0n) is 13.0. The Morgan fingerprint density at radius 1 is 1.18 bits per heavy atom. The Morgan fingerprint density at radius 3 is 2.64 bits per heavy atom. The Bertz CT molecular complexity index is 703. The predicted molar refractivity (Wildman–Crippen MR) is 86.3 cm³/mol. The largest absolute Gasteiger partial charge is 0.361 e. The van der Waals surface area contributed by atoms with Crippen LogP contribution < -0.4 is 0 Å². The summed E-state index contributed by atoms with van der Waals surface area (Å²) in [5.41, 5.74) is 3.79. The molecule has 0 aromatic heterocycles. The fraction of sp³-hybridized carbons (Fsp3) is 0.316. The Labute approximate surface area is 131 Å². The highest BCUT2D eigenvalue weighted by molar-refractivity contribution is 5.47. The van der Waals surface area contributed by atoms with Crippen LogP contribution in [0.2, 0.25) is 0 Å². The number of nitrogens with zero attached hydrogens (tertiary/aromatic N) is 2. The van der Waals surface area contributed by atoms with Crippen LogP contribution in [0.4, 0.5) is 0 Å². The molecular formula is C19H20N2O. The summed E-state index contributed by atoms with van der Waals surface area (Å²) in [7, 11) is 4.15. The zero-order valence-corrected chi connectivity index (χ0v) is 13.0. The standard InChI is InChI=1S/C19H20N2O/c1-21(2)11-10-19(17-6-4-3-5-7-17)18-9-8-15(13-20)12-16(18)14-22-19/h3-9,12H,10-11,14H2,1-2H3. The molecular weight excluding hydrogens is 272 g/mol. The number of nitriles is 1. The fourth-order valence-electron chi connectivity index (χ4n) is 3.13. The maximum Gasteiger partial charge on any atom is 0.120 e. The third kappa shape index (κ3) is 2.52.